The zero-order valence-corrected chi connectivity index (χ0v) is 25.1. The van der Waals surface area contributed by atoms with Gasteiger partial charge < -0.3 is 10.2 Å². The molecule has 0 bridgehead atoms. The Morgan fingerprint density at radius 2 is 1.61 bits per heavy atom. The van der Waals surface area contributed by atoms with E-state index < -0.39 is 28.5 Å². The van der Waals surface area contributed by atoms with Crippen LogP contribution in [0.15, 0.2) is 78.9 Å². The molecule has 0 aromatic heterocycles. The fraction of sp³-hybridized carbons (Fsp3) is 0.323. The maximum absolute atomic E-state index is 14.1. The lowest BCUT2D eigenvalue weighted by Gasteiger charge is -2.33. The second-order valence-electron chi connectivity index (χ2n) is 9.87. The molecule has 1 atom stereocenters. The topological polar surface area (TPSA) is 104 Å². The summed E-state index contributed by atoms with van der Waals surface area (Å²) in [6, 6.07) is 21.5. The second kappa shape index (κ2) is 14.8. The monoisotopic (exact) mass is 597 g/mol. The predicted octanol–water partition coefficient (Wildman–Crippen LogP) is 4.87. The number of hydrogen-bond acceptors (Lipinski definition) is 5. The number of halogens is 1. The van der Waals surface area contributed by atoms with Gasteiger partial charge in [-0.2, -0.15) is 0 Å². The van der Waals surface area contributed by atoms with Gasteiger partial charge in [-0.1, -0.05) is 79.5 Å². The van der Waals surface area contributed by atoms with E-state index in [1.165, 1.54) is 24.0 Å². The molecule has 0 saturated carbocycles. The van der Waals surface area contributed by atoms with E-state index in [2.05, 4.69) is 5.32 Å². The van der Waals surface area contributed by atoms with E-state index in [1.54, 1.807) is 36.4 Å². The van der Waals surface area contributed by atoms with Crippen molar-refractivity contribution in [3.05, 3.63) is 101 Å². The van der Waals surface area contributed by atoms with E-state index in [9.17, 15) is 22.8 Å². The van der Waals surface area contributed by atoms with Crippen molar-refractivity contribution in [2.24, 2.45) is 0 Å². The average Bonchev–Trinajstić information content (AvgIpc) is 2.94. The number of nitrogens with zero attached hydrogens (tertiary/aromatic N) is 2. The lowest BCUT2D eigenvalue weighted by atomic mass is 10.0. The second-order valence-corrected chi connectivity index (χ2v) is 12.2. The number of sulfonamides is 1. The standard InChI is InChI=1S/C31H36ClN3O5S/c1-4-5-18-33-31(38)29(19-24-10-7-6-8-11-24)34(21-25-14-16-27(32)17-15-25)30(37)22-35(41(3,39)40)28-13-9-12-26(20-28)23(2)36/h6-17,20,29H,4-5,18-19,21-22H2,1-3H3,(H,33,38). The van der Waals surface area contributed by atoms with Crippen molar-refractivity contribution in [2.75, 3.05) is 23.7 Å². The zero-order chi connectivity index (χ0) is 30.0. The number of nitrogens with one attached hydrogen (secondary N) is 1. The van der Waals surface area contributed by atoms with Crippen molar-refractivity contribution in [1.29, 1.82) is 0 Å². The first-order valence-corrected chi connectivity index (χ1v) is 15.7. The molecule has 218 valence electrons. The Hall–Kier alpha value is -3.69. The molecule has 1 N–H and O–H groups in total. The van der Waals surface area contributed by atoms with Crippen molar-refractivity contribution in [1.82, 2.24) is 10.2 Å². The first-order valence-electron chi connectivity index (χ1n) is 13.4. The SMILES string of the molecule is CCCCNC(=O)C(Cc1ccccc1)N(Cc1ccc(Cl)cc1)C(=O)CN(c1cccc(C(C)=O)c1)S(C)(=O)=O. The number of carbonyl (C=O) groups excluding carboxylic acids is 3. The maximum atomic E-state index is 14.1. The third-order valence-corrected chi connectivity index (χ3v) is 7.98. The molecule has 0 aliphatic heterocycles. The van der Waals surface area contributed by atoms with Crippen molar-refractivity contribution >= 4 is 44.9 Å². The Morgan fingerprint density at radius 1 is 0.927 bits per heavy atom. The smallest absolute Gasteiger partial charge is 0.244 e. The number of Topliss-reactive ketones (excluding diaryl/α,β-unsaturated/α-hetero) is 1. The molecule has 2 amide bonds. The van der Waals surface area contributed by atoms with Crippen LogP contribution in [-0.4, -0.2) is 56.3 Å². The van der Waals surface area contributed by atoms with Crippen LogP contribution >= 0.6 is 11.6 Å². The highest BCUT2D eigenvalue weighted by molar-refractivity contribution is 7.92. The summed E-state index contributed by atoms with van der Waals surface area (Å²) in [5.41, 5.74) is 2.09. The number of carbonyl (C=O) groups is 3. The first-order chi connectivity index (χ1) is 19.5. The predicted molar refractivity (Wildman–Crippen MR) is 162 cm³/mol. The summed E-state index contributed by atoms with van der Waals surface area (Å²) in [6.07, 6.45) is 2.91. The zero-order valence-electron chi connectivity index (χ0n) is 23.5. The molecule has 0 aliphatic carbocycles. The van der Waals surface area contributed by atoms with E-state index in [0.29, 0.717) is 17.1 Å². The van der Waals surface area contributed by atoms with E-state index in [4.69, 9.17) is 11.6 Å². The van der Waals surface area contributed by atoms with Gasteiger partial charge in [0, 0.05) is 30.1 Å². The Bertz CT molecular complexity index is 1450. The van der Waals surface area contributed by atoms with Gasteiger partial charge in [0.1, 0.15) is 12.6 Å². The molecule has 0 spiro atoms. The summed E-state index contributed by atoms with van der Waals surface area (Å²) in [5.74, 6) is -1.12. The number of benzene rings is 3. The Balaban J connectivity index is 2.04. The number of anilines is 1. The molecule has 10 heteroatoms. The summed E-state index contributed by atoms with van der Waals surface area (Å²) < 4.78 is 26.8. The normalized spacial score (nSPS) is 11.9. The summed E-state index contributed by atoms with van der Waals surface area (Å²) in [5, 5.41) is 3.47. The molecular formula is C31H36ClN3O5S. The summed E-state index contributed by atoms with van der Waals surface area (Å²) in [6.45, 7) is 3.36. The minimum Gasteiger partial charge on any atom is -0.354 e. The molecule has 0 heterocycles. The van der Waals surface area contributed by atoms with Gasteiger partial charge in [-0.05, 0) is 48.7 Å². The van der Waals surface area contributed by atoms with Crippen molar-refractivity contribution in [3.8, 4) is 0 Å². The molecule has 8 nitrogen and oxygen atoms in total. The molecule has 0 fully saturated rings. The van der Waals surface area contributed by atoms with Gasteiger partial charge in [0.15, 0.2) is 5.78 Å². The molecule has 41 heavy (non-hydrogen) atoms. The highest BCUT2D eigenvalue weighted by atomic mass is 35.5. The summed E-state index contributed by atoms with van der Waals surface area (Å²) in [4.78, 5) is 41.1. The van der Waals surface area contributed by atoms with Gasteiger partial charge in [0.05, 0.1) is 11.9 Å². The minimum absolute atomic E-state index is 0.0553. The lowest BCUT2D eigenvalue weighted by Crippen LogP contribution is -2.53. The minimum atomic E-state index is -3.93. The van der Waals surface area contributed by atoms with Gasteiger partial charge in [-0.15, -0.1) is 0 Å². The van der Waals surface area contributed by atoms with Crippen LogP contribution in [0.1, 0.15) is 48.2 Å². The highest BCUT2D eigenvalue weighted by Crippen LogP contribution is 2.22. The fourth-order valence-electron chi connectivity index (χ4n) is 4.34. The Morgan fingerprint density at radius 3 is 2.22 bits per heavy atom. The van der Waals surface area contributed by atoms with E-state index in [-0.39, 0.29) is 30.3 Å². The van der Waals surface area contributed by atoms with Crippen LogP contribution in [-0.2, 0) is 32.6 Å². The third-order valence-electron chi connectivity index (χ3n) is 6.59. The van der Waals surface area contributed by atoms with Gasteiger partial charge in [0.25, 0.3) is 0 Å². The van der Waals surface area contributed by atoms with Crippen LogP contribution in [0.4, 0.5) is 5.69 Å². The van der Waals surface area contributed by atoms with E-state index >= 15 is 0 Å². The van der Waals surface area contributed by atoms with Crippen molar-refractivity contribution < 1.29 is 22.8 Å². The van der Waals surface area contributed by atoms with Crippen molar-refractivity contribution in [2.45, 2.75) is 45.7 Å². The average molecular weight is 598 g/mol. The quantitative estimate of drug-likeness (QED) is 0.211. The van der Waals surface area contributed by atoms with Crippen LogP contribution in [0.2, 0.25) is 5.02 Å². The van der Waals surface area contributed by atoms with Gasteiger partial charge in [-0.3, -0.25) is 18.7 Å². The van der Waals surface area contributed by atoms with Gasteiger partial charge >= 0.3 is 0 Å². The molecular weight excluding hydrogens is 562 g/mol. The summed E-state index contributed by atoms with van der Waals surface area (Å²) in [7, 11) is -3.93. The molecule has 3 aromatic carbocycles. The molecule has 0 radical (unpaired) electrons. The number of ketones is 1. The number of hydrogen-bond donors (Lipinski definition) is 1. The van der Waals surface area contributed by atoms with E-state index in [1.807, 2.05) is 37.3 Å². The highest BCUT2D eigenvalue weighted by Gasteiger charge is 2.33. The molecule has 0 aliphatic rings. The van der Waals surface area contributed by atoms with Crippen LogP contribution in [0.3, 0.4) is 0 Å². The number of unbranched alkanes of at least 4 members (excludes halogenated alkanes) is 1. The molecule has 0 saturated heterocycles. The van der Waals surface area contributed by atoms with Crippen LogP contribution in [0, 0.1) is 0 Å². The molecule has 1 unspecified atom stereocenters. The molecule has 3 aromatic rings. The Labute approximate surface area is 247 Å². The van der Waals surface area contributed by atoms with Crippen LogP contribution < -0.4 is 9.62 Å². The van der Waals surface area contributed by atoms with Gasteiger partial charge in [0.2, 0.25) is 21.8 Å². The van der Waals surface area contributed by atoms with Crippen LogP contribution in [0.5, 0.6) is 0 Å². The lowest BCUT2D eigenvalue weighted by molar-refractivity contribution is -0.140. The summed E-state index contributed by atoms with van der Waals surface area (Å²) >= 11 is 6.08. The van der Waals surface area contributed by atoms with Crippen molar-refractivity contribution in [3.63, 3.8) is 0 Å². The largest absolute Gasteiger partial charge is 0.354 e. The maximum Gasteiger partial charge on any atom is 0.244 e. The van der Waals surface area contributed by atoms with Gasteiger partial charge in [-0.25, -0.2) is 8.42 Å². The Kier molecular flexibility index (Phi) is 11.5. The van der Waals surface area contributed by atoms with E-state index in [0.717, 1.165) is 34.5 Å². The third kappa shape index (κ3) is 9.43. The fourth-order valence-corrected chi connectivity index (χ4v) is 5.31. The first kappa shape index (κ1) is 31.8. The van der Waals surface area contributed by atoms with Crippen LogP contribution in [0.25, 0.3) is 0 Å². The number of rotatable bonds is 14. The molecule has 3 rings (SSSR count). The number of amides is 2.